The standard InChI is InChI=1S/C27H33FN4O2.ClH/c1-2-10-30-26(33)22-14-31-25-19(4-3-5-20(25)24(22)29)21-13-18(6-7-23(21)28)15-32-16-27(17-32)8-11-34-12-9-27;/h3-7,13,31H,2,8-12,14-17,29H2,1H3,(H,30,33);1H. The highest BCUT2D eigenvalue weighted by Gasteiger charge is 2.43. The fraction of sp³-hybridized carbons (Fsp3) is 0.444. The molecule has 1 spiro atoms. The molecule has 35 heavy (non-hydrogen) atoms. The number of amides is 1. The molecular weight excluding hydrogens is 467 g/mol. The first-order valence-corrected chi connectivity index (χ1v) is 12.2. The number of halogens is 2. The third-order valence-electron chi connectivity index (χ3n) is 7.33. The number of para-hydroxylation sites is 1. The fourth-order valence-corrected chi connectivity index (χ4v) is 5.44. The summed E-state index contributed by atoms with van der Waals surface area (Å²) in [6, 6.07) is 11.0. The summed E-state index contributed by atoms with van der Waals surface area (Å²) in [7, 11) is 0. The Labute approximate surface area is 212 Å². The molecule has 2 aromatic rings. The molecule has 2 saturated heterocycles. The molecule has 5 rings (SSSR count). The number of carbonyl (C=O) groups is 1. The Morgan fingerprint density at radius 2 is 1.91 bits per heavy atom. The van der Waals surface area contributed by atoms with Gasteiger partial charge in [-0.15, -0.1) is 12.4 Å². The van der Waals surface area contributed by atoms with Gasteiger partial charge in [-0.05, 0) is 37.0 Å². The third kappa shape index (κ3) is 5.03. The smallest absolute Gasteiger partial charge is 0.251 e. The summed E-state index contributed by atoms with van der Waals surface area (Å²) in [5.74, 6) is -0.426. The molecule has 0 aromatic heterocycles. The van der Waals surface area contributed by atoms with Crippen LogP contribution in [0.2, 0.25) is 0 Å². The van der Waals surface area contributed by atoms with E-state index in [0.29, 0.717) is 35.3 Å². The Morgan fingerprint density at radius 1 is 1.17 bits per heavy atom. The zero-order valence-corrected chi connectivity index (χ0v) is 21.0. The van der Waals surface area contributed by atoms with Crippen LogP contribution in [0.3, 0.4) is 0 Å². The number of nitrogens with zero attached hydrogens (tertiary/aromatic N) is 1. The van der Waals surface area contributed by atoms with Gasteiger partial charge >= 0.3 is 0 Å². The minimum absolute atomic E-state index is 0. The molecule has 3 aliphatic rings. The van der Waals surface area contributed by atoms with Crippen LogP contribution in [-0.2, 0) is 16.1 Å². The van der Waals surface area contributed by atoms with Gasteiger partial charge in [0.1, 0.15) is 5.82 Å². The number of likely N-dealkylation sites (tertiary alicyclic amines) is 1. The van der Waals surface area contributed by atoms with Crippen molar-refractivity contribution in [2.75, 3.05) is 44.7 Å². The van der Waals surface area contributed by atoms with Crippen molar-refractivity contribution < 1.29 is 13.9 Å². The van der Waals surface area contributed by atoms with Crippen LogP contribution in [0, 0.1) is 11.2 Å². The van der Waals surface area contributed by atoms with Crippen LogP contribution in [-0.4, -0.2) is 50.2 Å². The average molecular weight is 501 g/mol. The van der Waals surface area contributed by atoms with Crippen LogP contribution in [0.25, 0.3) is 16.8 Å². The van der Waals surface area contributed by atoms with Crippen molar-refractivity contribution >= 4 is 29.7 Å². The molecule has 0 aliphatic carbocycles. The molecule has 0 bridgehead atoms. The minimum Gasteiger partial charge on any atom is -0.398 e. The van der Waals surface area contributed by atoms with E-state index in [1.807, 2.05) is 37.3 Å². The number of benzene rings is 2. The lowest BCUT2D eigenvalue weighted by atomic mass is 9.73. The second-order valence-electron chi connectivity index (χ2n) is 9.80. The van der Waals surface area contributed by atoms with Crippen LogP contribution in [0.1, 0.15) is 37.3 Å². The van der Waals surface area contributed by atoms with E-state index in [9.17, 15) is 4.79 Å². The zero-order valence-electron chi connectivity index (χ0n) is 20.2. The quantitative estimate of drug-likeness (QED) is 0.555. The van der Waals surface area contributed by atoms with Gasteiger partial charge in [0.25, 0.3) is 5.91 Å². The van der Waals surface area contributed by atoms with Gasteiger partial charge in [-0.1, -0.05) is 31.2 Å². The molecule has 2 aromatic carbocycles. The Balaban J connectivity index is 0.00000289. The van der Waals surface area contributed by atoms with Gasteiger partial charge in [0.2, 0.25) is 0 Å². The van der Waals surface area contributed by atoms with Gasteiger partial charge in [0.15, 0.2) is 0 Å². The van der Waals surface area contributed by atoms with Gasteiger partial charge in [-0.2, -0.15) is 0 Å². The molecule has 0 radical (unpaired) electrons. The average Bonchev–Trinajstić information content (AvgIpc) is 2.83. The van der Waals surface area contributed by atoms with Gasteiger partial charge in [-0.25, -0.2) is 4.39 Å². The number of ether oxygens (including phenoxy) is 1. The van der Waals surface area contributed by atoms with E-state index in [1.54, 1.807) is 6.07 Å². The summed E-state index contributed by atoms with van der Waals surface area (Å²) in [4.78, 5) is 15.0. The van der Waals surface area contributed by atoms with E-state index >= 15 is 4.39 Å². The first kappa shape index (κ1) is 25.5. The molecule has 188 valence electrons. The molecule has 0 saturated carbocycles. The predicted octanol–water partition coefficient (Wildman–Crippen LogP) is 4.15. The number of hydrogen-bond donors (Lipinski definition) is 3. The molecule has 0 unspecified atom stereocenters. The van der Waals surface area contributed by atoms with Crippen molar-refractivity contribution in [3.63, 3.8) is 0 Å². The van der Waals surface area contributed by atoms with E-state index < -0.39 is 0 Å². The first-order valence-electron chi connectivity index (χ1n) is 12.2. The van der Waals surface area contributed by atoms with E-state index in [0.717, 1.165) is 74.5 Å². The molecular formula is C27H34ClFN4O2. The van der Waals surface area contributed by atoms with E-state index in [2.05, 4.69) is 15.5 Å². The summed E-state index contributed by atoms with van der Waals surface area (Å²) < 4.78 is 20.5. The van der Waals surface area contributed by atoms with Gasteiger partial charge in [-0.3, -0.25) is 9.69 Å². The monoisotopic (exact) mass is 500 g/mol. The lowest BCUT2D eigenvalue weighted by Gasteiger charge is -2.52. The van der Waals surface area contributed by atoms with Crippen molar-refractivity contribution in [3.8, 4) is 11.1 Å². The highest BCUT2D eigenvalue weighted by atomic mass is 35.5. The summed E-state index contributed by atoms with van der Waals surface area (Å²) >= 11 is 0. The molecule has 6 nitrogen and oxygen atoms in total. The molecule has 4 N–H and O–H groups in total. The largest absolute Gasteiger partial charge is 0.398 e. The van der Waals surface area contributed by atoms with E-state index in [4.69, 9.17) is 10.5 Å². The number of anilines is 1. The molecule has 2 fully saturated rings. The van der Waals surface area contributed by atoms with Crippen molar-refractivity contribution in [1.82, 2.24) is 10.2 Å². The maximum Gasteiger partial charge on any atom is 0.251 e. The molecule has 0 atom stereocenters. The Kier molecular flexibility index (Phi) is 7.69. The molecule has 3 aliphatic heterocycles. The SMILES string of the molecule is CCCNC(=O)C1=C(N)c2cccc(-c3cc(CN4CC5(CCOCC5)C4)ccc3F)c2NC1.Cl. The van der Waals surface area contributed by atoms with E-state index in [-0.39, 0.29) is 24.1 Å². The number of carbonyl (C=O) groups excluding carboxylic acids is 1. The summed E-state index contributed by atoms with van der Waals surface area (Å²) in [6.45, 7) is 7.61. The fourth-order valence-electron chi connectivity index (χ4n) is 5.44. The van der Waals surface area contributed by atoms with Crippen molar-refractivity contribution in [1.29, 1.82) is 0 Å². The van der Waals surface area contributed by atoms with Crippen LogP contribution in [0.5, 0.6) is 0 Å². The number of fused-ring (bicyclic) bond motifs is 1. The number of nitrogens with two attached hydrogens (primary N) is 1. The van der Waals surface area contributed by atoms with Crippen LogP contribution >= 0.6 is 12.4 Å². The number of nitrogens with one attached hydrogen (secondary N) is 2. The maximum absolute atomic E-state index is 15.0. The van der Waals surface area contributed by atoms with Crippen molar-refractivity contribution in [3.05, 3.63) is 58.9 Å². The maximum atomic E-state index is 15.0. The van der Waals surface area contributed by atoms with Gasteiger partial charge in [0.05, 0.1) is 17.0 Å². The summed E-state index contributed by atoms with van der Waals surface area (Å²) in [6.07, 6.45) is 3.12. The zero-order chi connectivity index (χ0) is 23.7. The van der Waals surface area contributed by atoms with Crippen LogP contribution < -0.4 is 16.4 Å². The second-order valence-corrected chi connectivity index (χ2v) is 9.80. The Morgan fingerprint density at radius 3 is 2.66 bits per heavy atom. The predicted molar refractivity (Wildman–Crippen MR) is 140 cm³/mol. The summed E-state index contributed by atoms with van der Waals surface area (Å²) in [5.41, 5.74) is 11.7. The van der Waals surface area contributed by atoms with E-state index in [1.165, 1.54) is 0 Å². The normalized spacial score (nSPS) is 18.8. The lowest BCUT2D eigenvalue weighted by molar-refractivity contribution is -0.117. The Bertz CT molecular complexity index is 1120. The molecule has 1 amide bonds. The summed E-state index contributed by atoms with van der Waals surface area (Å²) in [5, 5.41) is 6.22. The minimum atomic E-state index is -0.266. The topological polar surface area (TPSA) is 79.6 Å². The molecule has 8 heteroatoms. The van der Waals surface area contributed by atoms with Crippen molar-refractivity contribution in [2.45, 2.75) is 32.7 Å². The van der Waals surface area contributed by atoms with Crippen molar-refractivity contribution in [2.24, 2.45) is 11.1 Å². The third-order valence-corrected chi connectivity index (χ3v) is 7.33. The number of rotatable bonds is 6. The Hall–Kier alpha value is -2.61. The van der Waals surface area contributed by atoms with Gasteiger partial charge in [0, 0.05) is 68.0 Å². The van der Waals surface area contributed by atoms with Crippen LogP contribution in [0.4, 0.5) is 10.1 Å². The van der Waals surface area contributed by atoms with Crippen LogP contribution in [0.15, 0.2) is 42.0 Å². The highest BCUT2D eigenvalue weighted by Crippen LogP contribution is 2.41. The number of hydrogen-bond acceptors (Lipinski definition) is 5. The second kappa shape index (κ2) is 10.6. The highest BCUT2D eigenvalue weighted by molar-refractivity contribution is 6.05. The molecule has 3 heterocycles. The van der Waals surface area contributed by atoms with Gasteiger partial charge < -0.3 is 21.1 Å². The lowest BCUT2D eigenvalue weighted by Crippen LogP contribution is -2.57. The first-order chi connectivity index (χ1) is 16.5.